The minimum Gasteiger partial charge on any atom is -0.355 e. The van der Waals surface area contributed by atoms with Gasteiger partial charge in [0.15, 0.2) is 5.96 Å². The first-order chi connectivity index (χ1) is 12.1. The largest absolute Gasteiger partial charge is 0.355 e. The van der Waals surface area contributed by atoms with Gasteiger partial charge in [-0.15, -0.1) is 0 Å². The molecular formula is C18H28ClN5O. The van der Waals surface area contributed by atoms with Crippen LogP contribution in [0.2, 0.25) is 5.02 Å². The first-order valence-electron chi connectivity index (χ1n) is 8.86. The van der Waals surface area contributed by atoms with Crippen molar-refractivity contribution in [1.29, 1.82) is 0 Å². The van der Waals surface area contributed by atoms with E-state index >= 15 is 0 Å². The van der Waals surface area contributed by atoms with E-state index in [-0.39, 0.29) is 5.91 Å². The van der Waals surface area contributed by atoms with Crippen molar-refractivity contribution in [3.05, 3.63) is 34.9 Å². The molecular weight excluding hydrogens is 338 g/mol. The van der Waals surface area contributed by atoms with Crippen LogP contribution in [0, 0.1) is 0 Å². The molecule has 7 heteroatoms. The fourth-order valence-electron chi connectivity index (χ4n) is 3.04. The van der Waals surface area contributed by atoms with E-state index in [9.17, 15) is 4.79 Å². The zero-order valence-corrected chi connectivity index (χ0v) is 15.8. The van der Waals surface area contributed by atoms with Gasteiger partial charge in [-0.2, -0.15) is 0 Å². The molecule has 25 heavy (non-hydrogen) atoms. The van der Waals surface area contributed by atoms with Gasteiger partial charge in [0.2, 0.25) is 0 Å². The van der Waals surface area contributed by atoms with Crippen LogP contribution in [0.1, 0.15) is 30.1 Å². The number of amides is 1. The maximum atomic E-state index is 12.0. The smallest absolute Gasteiger partial charge is 0.251 e. The summed E-state index contributed by atoms with van der Waals surface area (Å²) in [6, 6.07) is 7.43. The molecule has 1 aliphatic rings. The molecule has 138 valence electrons. The van der Waals surface area contributed by atoms with Crippen molar-refractivity contribution in [2.24, 2.45) is 4.99 Å². The highest BCUT2D eigenvalue weighted by Gasteiger charge is 2.22. The van der Waals surface area contributed by atoms with E-state index in [0.29, 0.717) is 29.7 Å². The van der Waals surface area contributed by atoms with Gasteiger partial charge in [-0.3, -0.25) is 14.7 Å². The highest BCUT2D eigenvalue weighted by Crippen LogP contribution is 2.15. The molecule has 1 unspecified atom stereocenters. The van der Waals surface area contributed by atoms with Crippen LogP contribution in [0.15, 0.2) is 29.3 Å². The molecule has 1 aromatic carbocycles. The second-order valence-electron chi connectivity index (χ2n) is 6.07. The monoisotopic (exact) mass is 365 g/mol. The van der Waals surface area contributed by atoms with Crippen LogP contribution in [0.4, 0.5) is 0 Å². The van der Waals surface area contributed by atoms with Crippen LogP contribution in [-0.4, -0.2) is 62.6 Å². The van der Waals surface area contributed by atoms with Crippen LogP contribution in [0.25, 0.3) is 0 Å². The number of aliphatic imine (C=N–C) groups is 1. The van der Waals surface area contributed by atoms with Gasteiger partial charge in [-0.25, -0.2) is 0 Å². The third kappa shape index (κ3) is 6.21. The second kappa shape index (κ2) is 10.3. The van der Waals surface area contributed by atoms with E-state index in [1.165, 1.54) is 19.4 Å². The molecule has 0 saturated carbocycles. The van der Waals surface area contributed by atoms with Gasteiger partial charge in [0, 0.05) is 43.3 Å². The number of hydrogen-bond donors (Lipinski definition) is 3. The van der Waals surface area contributed by atoms with Crippen molar-refractivity contribution >= 4 is 23.5 Å². The third-order valence-electron chi connectivity index (χ3n) is 4.44. The van der Waals surface area contributed by atoms with Gasteiger partial charge in [-0.1, -0.05) is 18.5 Å². The predicted octanol–water partition coefficient (Wildman–Crippen LogP) is 1.72. The van der Waals surface area contributed by atoms with Crippen molar-refractivity contribution in [3.63, 3.8) is 0 Å². The topological polar surface area (TPSA) is 68.8 Å². The van der Waals surface area contributed by atoms with Gasteiger partial charge in [0.1, 0.15) is 0 Å². The Labute approximate surface area is 155 Å². The molecule has 6 nitrogen and oxygen atoms in total. The summed E-state index contributed by atoms with van der Waals surface area (Å²) in [6.07, 6.45) is 2.50. The minimum absolute atomic E-state index is 0.106. The Bertz CT molecular complexity index is 575. The summed E-state index contributed by atoms with van der Waals surface area (Å²) in [5.74, 6) is 0.662. The first kappa shape index (κ1) is 19.5. The Morgan fingerprint density at radius 1 is 1.24 bits per heavy atom. The summed E-state index contributed by atoms with van der Waals surface area (Å²) in [5, 5.41) is 10.1. The van der Waals surface area contributed by atoms with E-state index < -0.39 is 0 Å². The maximum absolute atomic E-state index is 12.0. The summed E-state index contributed by atoms with van der Waals surface area (Å²) >= 11 is 5.82. The van der Waals surface area contributed by atoms with E-state index in [0.717, 1.165) is 19.0 Å². The Balaban J connectivity index is 1.65. The summed E-state index contributed by atoms with van der Waals surface area (Å²) in [5.41, 5.74) is 0.604. The lowest BCUT2D eigenvalue weighted by Crippen LogP contribution is -2.46. The standard InChI is InChI=1S/C18H28ClN5O/c1-3-24-12-4-5-16(24)13-23-18(20-2)22-11-10-21-17(25)14-6-8-15(19)9-7-14/h6-9,16H,3-5,10-13H2,1-2H3,(H,21,25)(H2,20,22,23). The fourth-order valence-corrected chi connectivity index (χ4v) is 3.16. The number of carbonyl (C=O) groups is 1. The van der Waals surface area contributed by atoms with Crippen LogP contribution in [0.5, 0.6) is 0 Å². The van der Waals surface area contributed by atoms with E-state index in [2.05, 4.69) is 32.8 Å². The lowest BCUT2D eigenvalue weighted by molar-refractivity contribution is 0.0954. The molecule has 1 aromatic rings. The van der Waals surface area contributed by atoms with Gasteiger partial charge in [0.25, 0.3) is 5.91 Å². The number of rotatable bonds is 7. The average Bonchev–Trinajstić information content (AvgIpc) is 3.09. The van der Waals surface area contributed by atoms with Gasteiger partial charge < -0.3 is 16.0 Å². The Morgan fingerprint density at radius 2 is 1.96 bits per heavy atom. The fraction of sp³-hybridized carbons (Fsp3) is 0.556. The van der Waals surface area contributed by atoms with E-state index in [4.69, 9.17) is 11.6 Å². The van der Waals surface area contributed by atoms with Crippen molar-refractivity contribution < 1.29 is 4.79 Å². The summed E-state index contributed by atoms with van der Waals surface area (Å²) in [7, 11) is 1.76. The lowest BCUT2D eigenvalue weighted by Gasteiger charge is -2.24. The molecule has 1 heterocycles. The number of carbonyl (C=O) groups excluding carboxylic acids is 1. The van der Waals surface area contributed by atoms with Crippen LogP contribution in [-0.2, 0) is 0 Å². The summed E-state index contributed by atoms with van der Waals surface area (Å²) in [4.78, 5) is 18.7. The minimum atomic E-state index is -0.106. The molecule has 0 aliphatic carbocycles. The quantitative estimate of drug-likeness (QED) is 0.391. The molecule has 1 fully saturated rings. The molecule has 1 aliphatic heterocycles. The number of likely N-dealkylation sites (tertiary alicyclic amines) is 1. The SMILES string of the molecule is CCN1CCCC1CNC(=NC)NCCNC(=O)c1ccc(Cl)cc1. The summed E-state index contributed by atoms with van der Waals surface area (Å²) in [6.45, 7) is 6.51. The number of guanidine groups is 1. The number of nitrogens with zero attached hydrogens (tertiary/aromatic N) is 2. The van der Waals surface area contributed by atoms with Crippen LogP contribution >= 0.6 is 11.6 Å². The Morgan fingerprint density at radius 3 is 2.64 bits per heavy atom. The number of likely N-dealkylation sites (N-methyl/N-ethyl adjacent to an activating group) is 1. The molecule has 2 rings (SSSR count). The van der Waals surface area contributed by atoms with E-state index in [1.807, 2.05) is 0 Å². The number of hydrogen-bond acceptors (Lipinski definition) is 3. The van der Waals surface area contributed by atoms with E-state index in [1.54, 1.807) is 31.3 Å². The normalized spacial score (nSPS) is 18.2. The molecule has 1 amide bonds. The third-order valence-corrected chi connectivity index (χ3v) is 4.70. The Hall–Kier alpha value is -1.79. The van der Waals surface area contributed by atoms with Gasteiger partial charge >= 0.3 is 0 Å². The van der Waals surface area contributed by atoms with Crippen molar-refractivity contribution in [2.45, 2.75) is 25.8 Å². The zero-order chi connectivity index (χ0) is 18.1. The molecule has 0 bridgehead atoms. The van der Waals surface area contributed by atoms with Crippen molar-refractivity contribution in [3.8, 4) is 0 Å². The van der Waals surface area contributed by atoms with Crippen molar-refractivity contribution in [1.82, 2.24) is 20.9 Å². The Kier molecular flexibility index (Phi) is 8.01. The molecule has 3 N–H and O–H groups in total. The van der Waals surface area contributed by atoms with Gasteiger partial charge in [0.05, 0.1) is 0 Å². The number of nitrogens with one attached hydrogen (secondary N) is 3. The number of halogens is 1. The molecule has 1 saturated heterocycles. The van der Waals surface area contributed by atoms with Crippen LogP contribution < -0.4 is 16.0 Å². The van der Waals surface area contributed by atoms with Gasteiger partial charge in [-0.05, 0) is 50.2 Å². The molecule has 0 spiro atoms. The van der Waals surface area contributed by atoms with Crippen LogP contribution in [0.3, 0.4) is 0 Å². The molecule has 1 atom stereocenters. The lowest BCUT2D eigenvalue weighted by atomic mass is 10.2. The van der Waals surface area contributed by atoms with Crippen molar-refractivity contribution in [2.75, 3.05) is 39.8 Å². The average molecular weight is 366 g/mol. The highest BCUT2D eigenvalue weighted by molar-refractivity contribution is 6.30. The highest BCUT2D eigenvalue weighted by atomic mass is 35.5. The zero-order valence-electron chi connectivity index (χ0n) is 15.0. The summed E-state index contributed by atoms with van der Waals surface area (Å²) < 4.78 is 0. The first-order valence-corrected chi connectivity index (χ1v) is 9.24. The maximum Gasteiger partial charge on any atom is 0.251 e. The molecule has 0 radical (unpaired) electrons. The predicted molar refractivity (Wildman–Crippen MR) is 103 cm³/mol. The second-order valence-corrected chi connectivity index (χ2v) is 6.50. The molecule has 0 aromatic heterocycles. The number of benzene rings is 1.